The summed E-state index contributed by atoms with van der Waals surface area (Å²) < 4.78 is 0. The summed E-state index contributed by atoms with van der Waals surface area (Å²) in [5, 5.41) is 19.3. The number of rotatable bonds is 2. The molecule has 1 aliphatic rings. The minimum absolute atomic E-state index is 0.508. The molecule has 2 unspecified atom stereocenters. The van der Waals surface area contributed by atoms with Gasteiger partial charge in [0.05, 0.1) is 11.7 Å². The molecule has 2 atom stereocenters. The van der Waals surface area contributed by atoms with Crippen LogP contribution in [0.5, 0.6) is 0 Å². The largest absolute Gasteiger partial charge is 0.390 e. The van der Waals surface area contributed by atoms with Crippen molar-refractivity contribution in [2.75, 3.05) is 0 Å². The standard InChI is InChI=1S/C9H16O2/c1-2-6-9(11)7-4-3-5-8(9)10/h2,8,10-11H,1,3-7H2. The summed E-state index contributed by atoms with van der Waals surface area (Å²) in [6.45, 7) is 3.56. The minimum atomic E-state index is -0.875. The quantitative estimate of drug-likeness (QED) is 0.590. The van der Waals surface area contributed by atoms with E-state index in [1.54, 1.807) is 6.08 Å². The van der Waals surface area contributed by atoms with Crippen LogP contribution in [0.2, 0.25) is 0 Å². The monoisotopic (exact) mass is 156 g/mol. The van der Waals surface area contributed by atoms with E-state index in [-0.39, 0.29) is 0 Å². The van der Waals surface area contributed by atoms with E-state index < -0.39 is 11.7 Å². The summed E-state index contributed by atoms with van der Waals surface area (Å²) in [4.78, 5) is 0. The van der Waals surface area contributed by atoms with Crippen LogP contribution in [-0.2, 0) is 0 Å². The Kier molecular flexibility index (Phi) is 2.68. The Morgan fingerprint density at radius 2 is 2.27 bits per heavy atom. The molecule has 0 aromatic carbocycles. The average molecular weight is 156 g/mol. The van der Waals surface area contributed by atoms with E-state index in [4.69, 9.17) is 0 Å². The van der Waals surface area contributed by atoms with Crippen LogP contribution in [0.25, 0.3) is 0 Å². The highest BCUT2D eigenvalue weighted by Crippen LogP contribution is 2.31. The second-order valence-electron chi connectivity index (χ2n) is 3.36. The SMILES string of the molecule is C=CCC1(O)CCCCC1O. The van der Waals surface area contributed by atoms with Gasteiger partial charge in [-0.2, -0.15) is 0 Å². The van der Waals surface area contributed by atoms with Crippen LogP contribution in [0.3, 0.4) is 0 Å². The van der Waals surface area contributed by atoms with Crippen molar-refractivity contribution in [1.29, 1.82) is 0 Å². The molecule has 0 heterocycles. The summed E-state index contributed by atoms with van der Waals surface area (Å²) in [7, 11) is 0. The molecule has 0 aromatic rings. The molecular weight excluding hydrogens is 140 g/mol. The molecule has 11 heavy (non-hydrogen) atoms. The molecule has 2 N–H and O–H groups in total. The van der Waals surface area contributed by atoms with Crippen LogP contribution >= 0.6 is 0 Å². The van der Waals surface area contributed by atoms with E-state index in [1.165, 1.54) is 0 Å². The first-order valence-corrected chi connectivity index (χ1v) is 4.20. The van der Waals surface area contributed by atoms with Crippen molar-refractivity contribution in [2.45, 2.75) is 43.8 Å². The molecule has 1 rings (SSSR count). The first kappa shape index (κ1) is 8.75. The molecule has 0 amide bonds. The second-order valence-corrected chi connectivity index (χ2v) is 3.36. The van der Waals surface area contributed by atoms with Gasteiger partial charge in [-0.3, -0.25) is 0 Å². The van der Waals surface area contributed by atoms with Crippen LogP contribution in [0.4, 0.5) is 0 Å². The number of hydrogen-bond acceptors (Lipinski definition) is 2. The summed E-state index contributed by atoms with van der Waals surface area (Å²) in [6, 6.07) is 0. The first-order chi connectivity index (χ1) is 5.19. The lowest BCUT2D eigenvalue weighted by Crippen LogP contribution is -2.44. The Morgan fingerprint density at radius 3 is 2.82 bits per heavy atom. The van der Waals surface area contributed by atoms with Gasteiger partial charge in [-0.05, 0) is 19.3 Å². The zero-order chi connectivity index (χ0) is 8.32. The third-order valence-corrected chi connectivity index (χ3v) is 2.46. The molecule has 0 radical (unpaired) electrons. The van der Waals surface area contributed by atoms with Gasteiger partial charge < -0.3 is 10.2 Å². The van der Waals surface area contributed by atoms with Gasteiger partial charge in [0.1, 0.15) is 0 Å². The second kappa shape index (κ2) is 3.37. The highest BCUT2D eigenvalue weighted by molar-refractivity contribution is 4.94. The Bertz CT molecular complexity index is 144. The lowest BCUT2D eigenvalue weighted by molar-refractivity contribution is -0.0971. The van der Waals surface area contributed by atoms with Crippen molar-refractivity contribution in [2.24, 2.45) is 0 Å². The average Bonchev–Trinajstić information content (AvgIpc) is 1.96. The van der Waals surface area contributed by atoms with E-state index in [0.29, 0.717) is 12.8 Å². The number of hydrogen-bond donors (Lipinski definition) is 2. The molecule has 0 saturated heterocycles. The highest BCUT2D eigenvalue weighted by atomic mass is 16.3. The van der Waals surface area contributed by atoms with Gasteiger partial charge in [-0.1, -0.05) is 18.9 Å². The maximum atomic E-state index is 9.82. The predicted molar refractivity (Wildman–Crippen MR) is 44.2 cm³/mol. The predicted octanol–water partition coefficient (Wildman–Crippen LogP) is 1.23. The van der Waals surface area contributed by atoms with E-state index >= 15 is 0 Å². The lowest BCUT2D eigenvalue weighted by atomic mass is 9.80. The van der Waals surface area contributed by atoms with E-state index in [0.717, 1.165) is 19.3 Å². The summed E-state index contributed by atoms with van der Waals surface area (Å²) in [6.07, 6.45) is 5.11. The van der Waals surface area contributed by atoms with Crippen LogP contribution in [-0.4, -0.2) is 21.9 Å². The van der Waals surface area contributed by atoms with Crippen molar-refractivity contribution >= 4 is 0 Å². The fraction of sp³-hybridized carbons (Fsp3) is 0.778. The summed E-state index contributed by atoms with van der Waals surface area (Å²) in [5.41, 5.74) is -0.875. The van der Waals surface area contributed by atoms with Crippen molar-refractivity contribution < 1.29 is 10.2 Å². The molecular formula is C9H16O2. The van der Waals surface area contributed by atoms with E-state index in [2.05, 4.69) is 6.58 Å². The number of aliphatic hydroxyl groups excluding tert-OH is 1. The van der Waals surface area contributed by atoms with Crippen LogP contribution in [0.15, 0.2) is 12.7 Å². The Hall–Kier alpha value is -0.340. The molecule has 2 nitrogen and oxygen atoms in total. The number of aliphatic hydroxyl groups is 2. The minimum Gasteiger partial charge on any atom is -0.390 e. The molecule has 64 valence electrons. The summed E-state index contributed by atoms with van der Waals surface area (Å²) in [5.74, 6) is 0. The van der Waals surface area contributed by atoms with Gasteiger partial charge in [0.25, 0.3) is 0 Å². The zero-order valence-corrected chi connectivity index (χ0v) is 6.79. The summed E-state index contributed by atoms with van der Waals surface area (Å²) >= 11 is 0. The van der Waals surface area contributed by atoms with Gasteiger partial charge in [0.15, 0.2) is 0 Å². The van der Waals surface area contributed by atoms with Crippen molar-refractivity contribution in [3.63, 3.8) is 0 Å². The van der Waals surface area contributed by atoms with Gasteiger partial charge in [0, 0.05) is 0 Å². The van der Waals surface area contributed by atoms with Gasteiger partial charge in [0.2, 0.25) is 0 Å². The van der Waals surface area contributed by atoms with Gasteiger partial charge in [-0.15, -0.1) is 6.58 Å². The zero-order valence-electron chi connectivity index (χ0n) is 6.79. The van der Waals surface area contributed by atoms with Crippen LogP contribution in [0.1, 0.15) is 32.1 Å². The molecule has 1 fully saturated rings. The third kappa shape index (κ3) is 1.82. The third-order valence-electron chi connectivity index (χ3n) is 2.46. The van der Waals surface area contributed by atoms with E-state index in [9.17, 15) is 10.2 Å². The van der Waals surface area contributed by atoms with Crippen molar-refractivity contribution in [1.82, 2.24) is 0 Å². The van der Waals surface area contributed by atoms with Gasteiger partial charge in [-0.25, -0.2) is 0 Å². The molecule has 0 spiro atoms. The van der Waals surface area contributed by atoms with Crippen LogP contribution in [0, 0.1) is 0 Å². The lowest BCUT2D eigenvalue weighted by Gasteiger charge is -2.36. The molecule has 0 aliphatic heterocycles. The molecule has 0 aromatic heterocycles. The Balaban J connectivity index is 2.56. The van der Waals surface area contributed by atoms with Crippen molar-refractivity contribution in [3.05, 3.63) is 12.7 Å². The van der Waals surface area contributed by atoms with Gasteiger partial charge >= 0.3 is 0 Å². The Labute approximate surface area is 67.6 Å². The maximum Gasteiger partial charge on any atom is 0.0939 e. The topological polar surface area (TPSA) is 40.5 Å². The fourth-order valence-corrected chi connectivity index (χ4v) is 1.69. The Morgan fingerprint density at radius 1 is 1.55 bits per heavy atom. The molecule has 1 aliphatic carbocycles. The maximum absolute atomic E-state index is 9.82. The fourth-order valence-electron chi connectivity index (χ4n) is 1.69. The smallest absolute Gasteiger partial charge is 0.0939 e. The van der Waals surface area contributed by atoms with Crippen molar-refractivity contribution in [3.8, 4) is 0 Å². The highest BCUT2D eigenvalue weighted by Gasteiger charge is 2.36. The molecule has 2 heteroatoms. The molecule has 0 bridgehead atoms. The first-order valence-electron chi connectivity index (χ1n) is 4.20. The van der Waals surface area contributed by atoms with Crippen LogP contribution < -0.4 is 0 Å². The molecule has 1 saturated carbocycles. The van der Waals surface area contributed by atoms with E-state index in [1.807, 2.05) is 0 Å². The normalized spacial score (nSPS) is 38.5.